The molecule has 2 N–H and O–H groups in total. The Morgan fingerprint density at radius 2 is 1.85 bits per heavy atom. The highest BCUT2D eigenvalue weighted by molar-refractivity contribution is 6.32. The van der Waals surface area contributed by atoms with Crippen molar-refractivity contribution >= 4 is 40.6 Å². The van der Waals surface area contributed by atoms with Crippen LogP contribution in [0.2, 0.25) is 5.02 Å². The molecule has 3 aromatic rings. The predicted molar refractivity (Wildman–Crippen MR) is 133 cm³/mol. The maximum Gasteiger partial charge on any atom is 0.321 e. The fraction of sp³-hybridized carbons (Fsp3) is 0.192. The molecule has 0 saturated heterocycles. The number of carbonyl (C=O) groups is 2. The van der Waals surface area contributed by atoms with E-state index in [0.29, 0.717) is 22.1 Å². The molecule has 4 rings (SSSR count). The van der Waals surface area contributed by atoms with E-state index in [4.69, 9.17) is 11.6 Å². The lowest BCUT2D eigenvalue weighted by atomic mass is 10.0. The van der Waals surface area contributed by atoms with Crippen molar-refractivity contribution in [3.05, 3.63) is 94.0 Å². The number of carbonyl (C=O) groups excluding carboxylic acids is 2. The Hall–Kier alpha value is -3.64. The van der Waals surface area contributed by atoms with Gasteiger partial charge in [0, 0.05) is 28.9 Å². The lowest BCUT2D eigenvalue weighted by Crippen LogP contribution is -2.47. The van der Waals surface area contributed by atoms with Gasteiger partial charge in [-0.2, -0.15) is 0 Å². The van der Waals surface area contributed by atoms with Crippen LogP contribution in [0, 0.1) is 6.92 Å². The van der Waals surface area contributed by atoms with Gasteiger partial charge in [0.1, 0.15) is 0 Å². The molecule has 1 aliphatic rings. The summed E-state index contributed by atoms with van der Waals surface area (Å²) in [5.41, 5.74) is 5.61. The average molecular weight is 461 g/mol. The molecular weight excluding hydrogens is 436 g/mol. The molecule has 3 amide bonds. The Labute approximate surface area is 198 Å². The van der Waals surface area contributed by atoms with Gasteiger partial charge < -0.3 is 15.5 Å². The second-order valence-corrected chi connectivity index (χ2v) is 8.34. The van der Waals surface area contributed by atoms with E-state index in [-0.39, 0.29) is 5.91 Å². The number of urea groups is 1. The number of nitrogens with zero attached hydrogens (tertiary/aromatic N) is 2. The van der Waals surface area contributed by atoms with Crippen LogP contribution < -0.4 is 15.5 Å². The van der Waals surface area contributed by atoms with Crippen LogP contribution in [0.25, 0.3) is 0 Å². The van der Waals surface area contributed by atoms with Crippen molar-refractivity contribution in [2.75, 3.05) is 17.3 Å². The summed E-state index contributed by atoms with van der Waals surface area (Å²) in [6.45, 7) is 4.02. The lowest BCUT2D eigenvalue weighted by Gasteiger charge is -2.21. The summed E-state index contributed by atoms with van der Waals surface area (Å²) in [6.07, 6.45) is -0.191. The second kappa shape index (κ2) is 9.46. The third-order valence-electron chi connectivity index (χ3n) is 5.66. The molecule has 1 aliphatic heterocycles. The molecular formula is C26H25ClN4O2. The molecule has 0 aromatic heterocycles. The molecule has 0 bridgehead atoms. The summed E-state index contributed by atoms with van der Waals surface area (Å²) < 4.78 is 0. The number of halogens is 1. The van der Waals surface area contributed by atoms with Crippen LogP contribution in [0.4, 0.5) is 16.2 Å². The first kappa shape index (κ1) is 22.6. The van der Waals surface area contributed by atoms with E-state index in [0.717, 1.165) is 23.1 Å². The zero-order valence-corrected chi connectivity index (χ0v) is 19.5. The quantitative estimate of drug-likeness (QED) is 0.563. The molecule has 168 valence electrons. The first-order chi connectivity index (χ1) is 15.9. The topological polar surface area (TPSA) is 73.8 Å². The molecule has 0 fully saturated rings. The second-order valence-electron chi connectivity index (χ2n) is 7.91. The van der Waals surface area contributed by atoms with Crippen LogP contribution >= 0.6 is 11.6 Å². The number of amides is 3. The van der Waals surface area contributed by atoms with E-state index in [2.05, 4.69) is 22.5 Å². The standard InChI is InChI=1S/C26H25ClN4O2/c1-4-17-10-12-21(16(2)14-17)28-26(33)30-24-25(32)31(3)22-13-11-19(27)15-20(22)23(29-24)18-8-6-5-7-9-18/h5-15,24H,4H2,1-3H3,(H2,28,30,33). The normalized spacial score (nSPS) is 15.4. The highest BCUT2D eigenvalue weighted by Gasteiger charge is 2.31. The summed E-state index contributed by atoms with van der Waals surface area (Å²) in [4.78, 5) is 32.3. The van der Waals surface area contributed by atoms with E-state index in [1.54, 1.807) is 25.2 Å². The number of fused-ring (bicyclic) bond motifs is 1. The van der Waals surface area contributed by atoms with Crippen molar-refractivity contribution in [3.8, 4) is 0 Å². The smallest absolute Gasteiger partial charge is 0.311 e. The summed E-state index contributed by atoms with van der Waals surface area (Å²) >= 11 is 6.28. The maximum absolute atomic E-state index is 13.3. The minimum atomic E-state index is -1.10. The molecule has 0 saturated carbocycles. The van der Waals surface area contributed by atoms with Crippen LogP contribution in [-0.4, -0.2) is 30.9 Å². The number of hydrogen-bond donors (Lipinski definition) is 2. The lowest BCUT2D eigenvalue weighted by molar-refractivity contribution is -0.119. The Morgan fingerprint density at radius 3 is 2.55 bits per heavy atom. The van der Waals surface area contributed by atoms with Crippen molar-refractivity contribution in [1.82, 2.24) is 5.32 Å². The minimum absolute atomic E-state index is 0.349. The number of aryl methyl sites for hydroxylation is 2. The number of anilines is 2. The first-order valence-corrected chi connectivity index (χ1v) is 11.1. The fourth-order valence-corrected chi connectivity index (χ4v) is 4.01. The van der Waals surface area contributed by atoms with Gasteiger partial charge in [-0.05, 0) is 48.7 Å². The van der Waals surface area contributed by atoms with Gasteiger partial charge in [0.25, 0.3) is 5.91 Å². The minimum Gasteiger partial charge on any atom is -0.311 e. The first-order valence-electron chi connectivity index (χ1n) is 10.7. The molecule has 6 nitrogen and oxygen atoms in total. The summed E-state index contributed by atoms with van der Waals surface area (Å²) in [5.74, 6) is -0.349. The fourth-order valence-electron chi connectivity index (χ4n) is 3.84. The van der Waals surface area contributed by atoms with Gasteiger partial charge in [0.05, 0.1) is 11.4 Å². The van der Waals surface area contributed by atoms with Gasteiger partial charge in [0.15, 0.2) is 0 Å². The third kappa shape index (κ3) is 4.76. The van der Waals surface area contributed by atoms with Crippen molar-refractivity contribution in [2.45, 2.75) is 26.4 Å². The van der Waals surface area contributed by atoms with E-state index >= 15 is 0 Å². The van der Waals surface area contributed by atoms with Gasteiger partial charge in [0.2, 0.25) is 6.17 Å². The number of benzodiazepines with no additional fused rings is 1. The average Bonchev–Trinajstić information content (AvgIpc) is 2.91. The summed E-state index contributed by atoms with van der Waals surface area (Å²) in [6, 6.07) is 20.2. The van der Waals surface area contributed by atoms with E-state index in [1.165, 1.54) is 10.5 Å². The molecule has 3 aromatic carbocycles. The molecule has 33 heavy (non-hydrogen) atoms. The molecule has 1 atom stereocenters. The summed E-state index contributed by atoms with van der Waals surface area (Å²) in [5, 5.41) is 6.10. The Balaban J connectivity index is 1.68. The monoisotopic (exact) mass is 460 g/mol. The Bertz CT molecular complexity index is 1240. The molecule has 0 spiro atoms. The van der Waals surface area contributed by atoms with Gasteiger partial charge in [-0.15, -0.1) is 0 Å². The number of benzene rings is 3. The van der Waals surface area contributed by atoms with Gasteiger partial charge in [-0.1, -0.05) is 61.0 Å². The van der Waals surface area contributed by atoms with E-state index in [1.807, 2.05) is 55.5 Å². The predicted octanol–water partition coefficient (Wildman–Crippen LogP) is 5.17. The number of rotatable bonds is 4. The van der Waals surface area contributed by atoms with Crippen molar-refractivity contribution < 1.29 is 9.59 Å². The SMILES string of the molecule is CCc1ccc(NC(=O)NC2N=C(c3ccccc3)c3cc(Cl)ccc3N(C)C2=O)c(C)c1. The number of aliphatic imine (C=N–C) groups is 1. The zero-order chi connectivity index (χ0) is 23.5. The van der Waals surface area contributed by atoms with E-state index in [9.17, 15) is 9.59 Å². The Morgan fingerprint density at radius 1 is 1.09 bits per heavy atom. The number of likely N-dealkylation sites (N-methyl/N-ethyl adjacent to an activating group) is 1. The van der Waals surface area contributed by atoms with Gasteiger partial charge in [-0.3, -0.25) is 4.79 Å². The van der Waals surface area contributed by atoms with Crippen molar-refractivity contribution in [1.29, 1.82) is 0 Å². The zero-order valence-electron chi connectivity index (χ0n) is 18.7. The molecule has 0 aliphatic carbocycles. The van der Waals surface area contributed by atoms with Crippen LogP contribution in [0.3, 0.4) is 0 Å². The molecule has 1 unspecified atom stereocenters. The number of nitrogens with one attached hydrogen (secondary N) is 2. The molecule has 0 radical (unpaired) electrons. The van der Waals surface area contributed by atoms with Crippen molar-refractivity contribution in [3.63, 3.8) is 0 Å². The number of hydrogen-bond acceptors (Lipinski definition) is 3. The van der Waals surface area contributed by atoms with E-state index < -0.39 is 12.2 Å². The van der Waals surface area contributed by atoms with Crippen LogP contribution in [0.5, 0.6) is 0 Å². The van der Waals surface area contributed by atoms with Crippen LogP contribution in [-0.2, 0) is 11.2 Å². The molecule has 7 heteroatoms. The maximum atomic E-state index is 13.3. The van der Waals surface area contributed by atoms with Crippen molar-refractivity contribution in [2.24, 2.45) is 4.99 Å². The highest BCUT2D eigenvalue weighted by atomic mass is 35.5. The van der Waals surface area contributed by atoms with Gasteiger partial charge in [-0.25, -0.2) is 9.79 Å². The van der Waals surface area contributed by atoms with Crippen LogP contribution in [0.1, 0.15) is 29.2 Å². The Kier molecular flexibility index (Phi) is 6.47. The largest absolute Gasteiger partial charge is 0.321 e. The highest BCUT2D eigenvalue weighted by Crippen LogP contribution is 2.30. The van der Waals surface area contributed by atoms with Gasteiger partial charge >= 0.3 is 6.03 Å². The third-order valence-corrected chi connectivity index (χ3v) is 5.90. The van der Waals surface area contributed by atoms with Crippen LogP contribution in [0.15, 0.2) is 71.7 Å². The molecule has 1 heterocycles. The summed E-state index contributed by atoms with van der Waals surface area (Å²) in [7, 11) is 1.67.